The van der Waals surface area contributed by atoms with Crippen molar-refractivity contribution in [1.82, 2.24) is 5.32 Å². The van der Waals surface area contributed by atoms with Crippen molar-refractivity contribution in [2.75, 3.05) is 13.1 Å². The predicted molar refractivity (Wildman–Crippen MR) is 63.2 cm³/mol. The Balaban J connectivity index is 2.53. The molecule has 1 heterocycles. The lowest BCUT2D eigenvalue weighted by molar-refractivity contribution is -0.143. The van der Waals surface area contributed by atoms with Crippen LogP contribution in [-0.2, 0) is 17.1 Å². The van der Waals surface area contributed by atoms with Gasteiger partial charge in [-0.2, -0.15) is 26.3 Å². The highest BCUT2D eigenvalue weighted by Crippen LogP contribution is 2.39. The van der Waals surface area contributed by atoms with Crippen molar-refractivity contribution >= 4 is 5.97 Å². The molecule has 3 nitrogen and oxygen atoms in total. The highest BCUT2D eigenvalue weighted by atomic mass is 19.4. The average Bonchev–Trinajstić information content (AvgIpc) is 2.85. The Bertz CT molecular complexity index is 549. The van der Waals surface area contributed by atoms with Gasteiger partial charge in [-0.25, -0.2) is 0 Å². The maximum atomic E-state index is 12.8. The van der Waals surface area contributed by atoms with E-state index in [-0.39, 0.29) is 24.7 Å². The Labute approximate surface area is 120 Å². The van der Waals surface area contributed by atoms with E-state index < -0.39 is 41.3 Å². The Hall–Kier alpha value is -1.77. The smallest absolute Gasteiger partial charge is 0.416 e. The summed E-state index contributed by atoms with van der Waals surface area (Å²) >= 11 is 0. The van der Waals surface area contributed by atoms with Crippen LogP contribution in [0.15, 0.2) is 18.2 Å². The second-order valence-corrected chi connectivity index (χ2v) is 5.05. The standard InChI is InChI=1S/C13H11F6NO2/c14-12(15,16)7-1-6(2-8(3-7)13(17,18)19)9-4-20-5-10(9)11(21)22/h1-3,9-10,20H,4-5H2,(H,21,22). The fraction of sp³-hybridized carbons (Fsp3) is 0.462. The molecule has 122 valence electrons. The van der Waals surface area contributed by atoms with Crippen molar-refractivity contribution in [3.05, 3.63) is 34.9 Å². The molecule has 2 unspecified atom stereocenters. The van der Waals surface area contributed by atoms with Crippen LogP contribution >= 0.6 is 0 Å². The van der Waals surface area contributed by atoms with Crippen molar-refractivity contribution in [1.29, 1.82) is 0 Å². The van der Waals surface area contributed by atoms with Crippen LogP contribution in [-0.4, -0.2) is 24.2 Å². The summed E-state index contributed by atoms with van der Waals surface area (Å²) in [5.74, 6) is -3.27. The van der Waals surface area contributed by atoms with Crippen LogP contribution in [0.4, 0.5) is 26.3 Å². The predicted octanol–water partition coefficient (Wildman–Crippen LogP) is 3.11. The van der Waals surface area contributed by atoms with Gasteiger partial charge in [0.2, 0.25) is 0 Å². The second-order valence-electron chi connectivity index (χ2n) is 5.05. The van der Waals surface area contributed by atoms with Crippen molar-refractivity contribution in [3.8, 4) is 0 Å². The summed E-state index contributed by atoms with van der Waals surface area (Å²) in [6.45, 7) is 0.00711. The Kier molecular flexibility index (Phi) is 4.12. The summed E-state index contributed by atoms with van der Waals surface area (Å²) in [4.78, 5) is 11.1. The van der Waals surface area contributed by atoms with Gasteiger partial charge < -0.3 is 10.4 Å². The quantitative estimate of drug-likeness (QED) is 0.821. The molecular formula is C13H11F6NO2. The van der Waals surface area contributed by atoms with Gasteiger partial charge in [-0.15, -0.1) is 0 Å². The zero-order chi connectivity index (χ0) is 16.7. The van der Waals surface area contributed by atoms with Crippen LogP contribution in [0.3, 0.4) is 0 Å². The number of alkyl halides is 6. The van der Waals surface area contributed by atoms with E-state index in [0.29, 0.717) is 12.1 Å². The normalized spacial score (nSPS) is 22.8. The topological polar surface area (TPSA) is 49.3 Å². The first-order valence-corrected chi connectivity index (χ1v) is 6.23. The molecule has 2 rings (SSSR count). The van der Waals surface area contributed by atoms with E-state index in [1.54, 1.807) is 0 Å². The molecular weight excluding hydrogens is 316 g/mol. The average molecular weight is 327 g/mol. The summed E-state index contributed by atoms with van der Waals surface area (Å²) < 4.78 is 76.7. The minimum atomic E-state index is -4.94. The second kappa shape index (κ2) is 5.45. The van der Waals surface area contributed by atoms with Gasteiger partial charge in [-0.3, -0.25) is 4.79 Å². The van der Waals surface area contributed by atoms with Gasteiger partial charge in [0.15, 0.2) is 0 Å². The lowest BCUT2D eigenvalue weighted by Crippen LogP contribution is -2.22. The molecule has 2 atom stereocenters. The third-order valence-electron chi connectivity index (χ3n) is 3.57. The number of benzene rings is 1. The van der Waals surface area contributed by atoms with E-state index in [4.69, 9.17) is 5.11 Å². The van der Waals surface area contributed by atoms with Gasteiger partial charge in [-0.1, -0.05) is 0 Å². The lowest BCUT2D eigenvalue weighted by atomic mass is 9.87. The third-order valence-corrected chi connectivity index (χ3v) is 3.57. The van der Waals surface area contributed by atoms with Crippen LogP contribution in [0.2, 0.25) is 0 Å². The monoisotopic (exact) mass is 327 g/mol. The van der Waals surface area contributed by atoms with E-state index in [1.807, 2.05) is 0 Å². The van der Waals surface area contributed by atoms with Crippen LogP contribution in [0.5, 0.6) is 0 Å². The molecule has 0 saturated carbocycles. The van der Waals surface area contributed by atoms with Gasteiger partial charge in [0.1, 0.15) is 0 Å². The van der Waals surface area contributed by atoms with E-state index >= 15 is 0 Å². The maximum absolute atomic E-state index is 12.8. The van der Waals surface area contributed by atoms with Crippen LogP contribution < -0.4 is 5.32 Å². The fourth-order valence-corrected chi connectivity index (χ4v) is 2.48. The fourth-order valence-electron chi connectivity index (χ4n) is 2.48. The highest BCUT2D eigenvalue weighted by molar-refractivity contribution is 5.72. The molecule has 9 heteroatoms. The SMILES string of the molecule is O=C(O)C1CNCC1c1cc(C(F)(F)F)cc(C(F)(F)F)c1. The largest absolute Gasteiger partial charge is 0.481 e. The number of nitrogens with one attached hydrogen (secondary N) is 1. The molecule has 0 aliphatic carbocycles. The number of carbonyl (C=O) groups is 1. The van der Waals surface area contributed by atoms with Crippen molar-refractivity contribution < 1.29 is 36.2 Å². The number of carboxylic acids is 1. The maximum Gasteiger partial charge on any atom is 0.416 e. The lowest BCUT2D eigenvalue weighted by Gasteiger charge is -2.19. The number of halogens is 6. The molecule has 1 aliphatic heterocycles. The number of rotatable bonds is 2. The first-order valence-electron chi connectivity index (χ1n) is 6.23. The molecule has 1 saturated heterocycles. The van der Waals surface area contributed by atoms with Crippen LogP contribution in [0, 0.1) is 5.92 Å². The van der Waals surface area contributed by atoms with E-state index in [9.17, 15) is 31.1 Å². The Morgan fingerprint density at radius 2 is 1.50 bits per heavy atom. The number of hydrogen-bond donors (Lipinski definition) is 2. The van der Waals surface area contributed by atoms with Gasteiger partial charge >= 0.3 is 18.3 Å². The minimum absolute atomic E-state index is 0.00238. The summed E-state index contributed by atoms with van der Waals surface area (Å²) in [6, 6.07) is 1.20. The summed E-state index contributed by atoms with van der Waals surface area (Å²) in [6.07, 6.45) is -9.89. The molecule has 1 fully saturated rings. The van der Waals surface area contributed by atoms with Gasteiger partial charge in [0, 0.05) is 19.0 Å². The molecule has 0 amide bonds. The first-order chi connectivity index (χ1) is 10.00. The van der Waals surface area contributed by atoms with Crippen LogP contribution in [0.25, 0.3) is 0 Å². The van der Waals surface area contributed by atoms with Crippen LogP contribution in [0.1, 0.15) is 22.6 Å². The number of carboxylic acid groups (broad SMARTS) is 1. The highest BCUT2D eigenvalue weighted by Gasteiger charge is 2.40. The molecule has 0 spiro atoms. The zero-order valence-corrected chi connectivity index (χ0v) is 10.9. The van der Waals surface area contributed by atoms with E-state index in [0.717, 1.165) is 0 Å². The Morgan fingerprint density at radius 1 is 1.00 bits per heavy atom. The summed E-state index contributed by atoms with van der Waals surface area (Å²) in [5.41, 5.74) is -3.15. The van der Waals surface area contributed by atoms with Gasteiger partial charge in [0.05, 0.1) is 17.0 Å². The molecule has 2 N–H and O–H groups in total. The number of hydrogen-bond acceptors (Lipinski definition) is 2. The van der Waals surface area contributed by atoms with Crippen molar-refractivity contribution in [2.24, 2.45) is 5.92 Å². The molecule has 0 aromatic heterocycles. The van der Waals surface area contributed by atoms with Gasteiger partial charge in [-0.05, 0) is 23.8 Å². The third kappa shape index (κ3) is 3.34. The molecule has 22 heavy (non-hydrogen) atoms. The molecule has 1 aromatic rings. The minimum Gasteiger partial charge on any atom is -0.481 e. The summed E-state index contributed by atoms with van der Waals surface area (Å²) in [5, 5.41) is 11.7. The van der Waals surface area contributed by atoms with E-state index in [2.05, 4.69) is 5.32 Å². The first kappa shape index (κ1) is 16.6. The molecule has 0 radical (unpaired) electrons. The number of aliphatic carboxylic acids is 1. The van der Waals surface area contributed by atoms with Crippen molar-refractivity contribution in [2.45, 2.75) is 18.3 Å². The van der Waals surface area contributed by atoms with Crippen molar-refractivity contribution in [3.63, 3.8) is 0 Å². The zero-order valence-electron chi connectivity index (χ0n) is 10.9. The Morgan fingerprint density at radius 3 is 1.91 bits per heavy atom. The van der Waals surface area contributed by atoms with E-state index in [1.165, 1.54) is 0 Å². The molecule has 0 bridgehead atoms. The molecule has 1 aliphatic rings. The summed E-state index contributed by atoms with van der Waals surface area (Å²) in [7, 11) is 0. The van der Waals surface area contributed by atoms with Gasteiger partial charge in [0.25, 0.3) is 0 Å². The molecule has 1 aromatic carbocycles.